The van der Waals surface area contributed by atoms with Gasteiger partial charge in [0.25, 0.3) is 0 Å². The number of hydrogen-bond acceptors (Lipinski definition) is 9. The van der Waals surface area contributed by atoms with Crippen molar-refractivity contribution in [3.63, 3.8) is 0 Å². The van der Waals surface area contributed by atoms with Gasteiger partial charge in [0.2, 0.25) is 11.8 Å². The van der Waals surface area contributed by atoms with Gasteiger partial charge in [-0.1, -0.05) is 12.1 Å². The number of nitrogens with zero attached hydrogens (tertiary/aromatic N) is 1. The van der Waals surface area contributed by atoms with Crippen LogP contribution in [0.2, 0.25) is 0 Å². The maximum atomic E-state index is 12.4. The van der Waals surface area contributed by atoms with Crippen molar-refractivity contribution in [3.8, 4) is 0 Å². The highest BCUT2D eigenvalue weighted by atomic mass is 32.2. The Morgan fingerprint density at radius 1 is 1.00 bits per heavy atom. The van der Waals surface area contributed by atoms with Crippen LogP contribution in [-0.2, 0) is 30.4 Å². The molecule has 2 atom stereocenters. The van der Waals surface area contributed by atoms with Crippen LogP contribution in [0.15, 0.2) is 24.3 Å². The Morgan fingerprint density at radius 2 is 1.67 bits per heavy atom. The fraction of sp³-hybridized carbons (Fsp3) is 0.500. The minimum Gasteiger partial charge on any atom is -0.481 e. The zero-order valence-electron chi connectivity index (χ0n) is 19.6. The van der Waals surface area contributed by atoms with Crippen molar-refractivity contribution in [2.45, 2.75) is 31.3 Å². The van der Waals surface area contributed by atoms with Gasteiger partial charge in [0, 0.05) is 36.7 Å². The number of rotatable bonds is 18. The normalized spacial score (nSPS) is 12.3. The molecule has 1 rings (SSSR count). The van der Waals surface area contributed by atoms with Crippen LogP contribution in [0.25, 0.3) is 0 Å². The number of nitrogens with two attached hydrogens (primary N) is 1. The first-order valence-corrected chi connectivity index (χ1v) is 12.2. The molecule has 36 heavy (non-hydrogen) atoms. The number of benzene rings is 1. The van der Waals surface area contributed by atoms with E-state index < -0.39 is 48.4 Å². The summed E-state index contributed by atoms with van der Waals surface area (Å²) in [5, 5.41) is 40.6. The Hall–Kier alpha value is -3.36. The topological polar surface area (TPSA) is 220 Å². The van der Waals surface area contributed by atoms with E-state index in [0.717, 1.165) is 5.69 Å². The number of carboxylic acid groups (broad SMARTS) is 3. The van der Waals surface area contributed by atoms with Gasteiger partial charge in [-0.3, -0.25) is 24.0 Å². The molecule has 0 fully saturated rings. The van der Waals surface area contributed by atoms with E-state index in [9.17, 15) is 29.1 Å². The highest BCUT2D eigenvalue weighted by Gasteiger charge is 2.22. The molecule has 0 saturated carbocycles. The molecule has 14 heteroatoms. The van der Waals surface area contributed by atoms with Crippen molar-refractivity contribution in [1.82, 2.24) is 10.6 Å². The number of carbonyl (C=O) groups is 5. The summed E-state index contributed by atoms with van der Waals surface area (Å²) in [5.41, 5.74) is 6.80. The van der Waals surface area contributed by atoms with Gasteiger partial charge in [-0.05, 0) is 24.1 Å². The first-order chi connectivity index (χ1) is 17.0. The number of aliphatic carboxylic acids is 3. The van der Waals surface area contributed by atoms with Gasteiger partial charge >= 0.3 is 17.9 Å². The van der Waals surface area contributed by atoms with Crippen LogP contribution >= 0.6 is 11.8 Å². The van der Waals surface area contributed by atoms with Crippen LogP contribution in [0.3, 0.4) is 0 Å². The second-order valence-electron chi connectivity index (χ2n) is 7.74. The van der Waals surface area contributed by atoms with Crippen molar-refractivity contribution in [2.24, 2.45) is 5.73 Å². The molecule has 0 bridgehead atoms. The Balaban J connectivity index is 2.69. The second kappa shape index (κ2) is 16.3. The number of aliphatic hydroxyl groups excluding tert-OH is 1. The summed E-state index contributed by atoms with van der Waals surface area (Å²) in [4.78, 5) is 58.9. The molecule has 2 unspecified atom stereocenters. The summed E-state index contributed by atoms with van der Waals surface area (Å²) in [6, 6.07) is 4.61. The Bertz CT molecular complexity index is 898. The lowest BCUT2D eigenvalue weighted by Crippen LogP contribution is -2.49. The fourth-order valence-electron chi connectivity index (χ4n) is 3.01. The van der Waals surface area contributed by atoms with E-state index in [-0.39, 0.29) is 31.6 Å². The molecular weight excluding hydrogens is 496 g/mol. The molecule has 0 aliphatic heterocycles. The summed E-state index contributed by atoms with van der Waals surface area (Å²) in [5.74, 6) is -4.12. The molecule has 0 aromatic heterocycles. The lowest BCUT2D eigenvalue weighted by atomic mass is 10.1. The van der Waals surface area contributed by atoms with Crippen LogP contribution in [0.1, 0.15) is 18.4 Å². The summed E-state index contributed by atoms with van der Waals surface area (Å²) in [6.45, 7) is 0.0501. The average Bonchev–Trinajstić information content (AvgIpc) is 2.82. The molecule has 0 aliphatic carbocycles. The average molecular weight is 529 g/mol. The molecule has 13 nitrogen and oxygen atoms in total. The third kappa shape index (κ3) is 12.4. The molecule has 0 aliphatic rings. The fourth-order valence-corrected chi connectivity index (χ4v) is 4.00. The summed E-state index contributed by atoms with van der Waals surface area (Å²) < 4.78 is 0. The molecule has 0 saturated heterocycles. The number of hydrogen-bond donors (Lipinski definition) is 7. The third-order valence-corrected chi connectivity index (χ3v) is 5.92. The molecule has 0 spiro atoms. The Labute approximate surface area is 212 Å². The van der Waals surface area contributed by atoms with Gasteiger partial charge < -0.3 is 41.7 Å². The first kappa shape index (κ1) is 30.7. The number of carboxylic acids is 3. The highest BCUT2D eigenvalue weighted by molar-refractivity contribution is 7.99. The molecule has 0 heterocycles. The Morgan fingerprint density at radius 3 is 2.22 bits per heavy atom. The quantitative estimate of drug-likeness (QED) is 0.111. The van der Waals surface area contributed by atoms with Crippen LogP contribution in [0.4, 0.5) is 5.69 Å². The largest absolute Gasteiger partial charge is 0.481 e. The predicted octanol–water partition coefficient (Wildman–Crippen LogP) is -1.28. The number of anilines is 1. The van der Waals surface area contributed by atoms with E-state index in [1.807, 2.05) is 4.90 Å². The van der Waals surface area contributed by atoms with E-state index in [4.69, 9.17) is 21.1 Å². The van der Waals surface area contributed by atoms with Crippen LogP contribution in [0.5, 0.6) is 0 Å². The first-order valence-electron chi connectivity index (χ1n) is 11.0. The smallest absolute Gasteiger partial charge is 0.322 e. The van der Waals surface area contributed by atoms with Crippen molar-refractivity contribution in [2.75, 3.05) is 42.6 Å². The maximum Gasteiger partial charge on any atom is 0.322 e. The number of nitrogens with one attached hydrogen (secondary N) is 2. The number of thioether (sulfide) groups is 1. The Kier molecular flexibility index (Phi) is 13.9. The zero-order chi connectivity index (χ0) is 27.1. The number of carbonyl (C=O) groups excluding carboxylic acids is 2. The predicted molar refractivity (Wildman–Crippen MR) is 132 cm³/mol. The molecule has 2 amide bonds. The van der Waals surface area contributed by atoms with Crippen LogP contribution in [0, 0.1) is 0 Å². The van der Waals surface area contributed by atoms with Gasteiger partial charge in [0.1, 0.15) is 18.6 Å². The summed E-state index contributed by atoms with van der Waals surface area (Å²) in [7, 11) is 0. The van der Waals surface area contributed by atoms with Gasteiger partial charge in [0.15, 0.2) is 0 Å². The van der Waals surface area contributed by atoms with E-state index >= 15 is 0 Å². The molecular formula is C22H32N4O9S. The summed E-state index contributed by atoms with van der Waals surface area (Å²) >= 11 is 1.31. The lowest BCUT2D eigenvalue weighted by molar-refractivity contribution is -0.139. The minimum absolute atomic E-state index is 0.102. The van der Waals surface area contributed by atoms with Gasteiger partial charge in [-0.15, -0.1) is 0 Å². The monoisotopic (exact) mass is 528 g/mol. The summed E-state index contributed by atoms with van der Waals surface area (Å²) in [6.07, 6.45) is -0.447. The van der Waals surface area contributed by atoms with E-state index in [1.165, 1.54) is 11.8 Å². The highest BCUT2D eigenvalue weighted by Crippen LogP contribution is 2.17. The van der Waals surface area contributed by atoms with Crippen molar-refractivity contribution in [3.05, 3.63) is 29.8 Å². The zero-order valence-corrected chi connectivity index (χ0v) is 20.4. The van der Waals surface area contributed by atoms with Crippen LogP contribution < -0.4 is 21.3 Å². The van der Waals surface area contributed by atoms with Gasteiger partial charge in [-0.2, -0.15) is 11.8 Å². The third-order valence-electron chi connectivity index (χ3n) is 4.88. The molecule has 200 valence electrons. The van der Waals surface area contributed by atoms with Gasteiger partial charge in [-0.25, -0.2) is 0 Å². The lowest BCUT2D eigenvalue weighted by Gasteiger charge is -2.24. The van der Waals surface area contributed by atoms with Crippen molar-refractivity contribution in [1.29, 1.82) is 0 Å². The SMILES string of the molecule is NC(CCC(=O)NC(CSCCN(CCO)c1ccc(CC(=O)O)cc1)C(=O)NCC(=O)O)C(=O)O. The van der Waals surface area contributed by atoms with Crippen molar-refractivity contribution < 1.29 is 44.4 Å². The standard InChI is InChI=1S/C22H32N4O9S/c23-16(22(34)35)5-6-18(28)25-17(21(33)24-12-20(31)32)13-36-10-8-26(7-9-27)15-3-1-14(2-4-15)11-19(29)30/h1-4,16-17,27H,5-13,23H2,(H,24,33)(H,25,28)(H,29,30)(H,31,32)(H,34,35). The molecule has 0 radical (unpaired) electrons. The molecule has 1 aromatic rings. The van der Waals surface area contributed by atoms with Crippen LogP contribution in [-0.4, -0.2) is 100.0 Å². The van der Waals surface area contributed by atoms with Gasteiger partial charge in [0.05, 0.1) is 13.0 Å². The van der Waals surface area contributed by atoms with Crippen molar-refractivity contribution >= 4 is 47.2 Å². The van der Waals surface area contributed by atoms with E-state index in [0.29, 0.717) is 24.4 Å². The maximum absolute atomic E-state index is 12.4. The molecule has 8 N–H and O–H groups in total. The number of amides is 2. The minimum atomic E-state index is -1.25. The molecule has 1 aromatic carbocycles. The second-order valence-corrected chi connectivity index (χ2v) is 8.89. The van der Waals surface area contributed by atoms with E-state index in [2.05, 4.69) is 10.6 Å². The number of aliphatic hydroxyl groups is 1. The van der Waals surface area contributed by atoms with E-state index in [1.54, 1.807) is 24.3 Å².